The first kappa shape index (κ1) is 56.7. The molecule has 0 bridgehead atoms. The van der Waals surface area contributed by atoms with Gasteiger partial charge in [0.15, 0.2) is 5.58 Å². The lowest BCUT2D eigenvalue weighted by Gasteiger charge is -2.35. The Morgan fingerprint density at radius 2 is 1.51 bits per heavy atom. The molecule has 0 unspecified atom stereocenters. The van der Waals surface area contributed by atoms with Crippen molar-refractivity contribution < 1.29 is 57.1 Å². The highest BCUT2D eigenvalue weighted by molar-refractivity contribution is 7.13. The molecule has 1 aliphatic heterocycles. The number of hydrogen-bond donors (Lipinski definition) is 4. The van der Waals surface area contributed by atoms with Gasteiger partial charge < -0.3 is 58.8 Å². The van der Waals surface area contributed by atoms with Crippen LogP contribution in [0.4, 0.5) is 5.69 Å². The van der Waals surface area contributed by atoms with Gasteiger partial charge in [0.1, 0.15) is 41.3 Å². The van der Waals surface area contributed by atoms with Gasteiger partial charge in [-0.05, 0) is 59.9 Å². The summed E-state index contributed by atoms with van der Waals surface area (Å²) in [5, 5.41) is 23.3. The number of amides is 4. The minimum absolute atomic E-state index is 0.0132. The van der Waals surface area contributed by atoms with Gasteiger partial charge in [-0.2, -0.15) is 5.10 Å². The van der Waals surface area contributed by atoms with Crippen LogP contribution in [-0.2, 0) is 51.7 Å². The second-order valence-corrected chi connectivity index (χ2v) is 19.7. The van der Waals surface area contributed by atoms with Gasteiger partial charge >= 0.3 is 0 Å². The summed E-state index contributed by atoms with van der Waals surface area (Å²) in [5.74, 6) is -0.869. The number of nitrogens with zero attached hydrogens (tertiary/aromatic N) is 6. The first-order chi connectivity index (χ1) is 36.6. The highest BCUT2D eigenvalue weighted by Crippen LogP contribution is 2.29. The Balaban J connectivity index is 0.673. The van der Waals surface area contributed by atoms with Crippen LogP contribution in [0.25, 0.3) is 33.1 Å². The van der Waals surface area contributed by atoms with Crippen molar-refractivity contribution in [2.45, 2.75) is 65.3 Å². The third kappa shape index (κ3) is 16.5. The number of anilines is 1. The number of ether oxygens (including phenoxy) is 6. The van der Waals surface area contributed by atoms with Gasteiger partial charge in [-0.1, -0.05) is 45.0 Å². The Morgan fingerprint density at radius 1 is 0.842 bits per heavy atom. The Bertz CT molecular complexity index is 2920. The first-order valence-electron chi connectivity index (χ1n) is 24.9. The summed E-state index contributed by atoms with van der Waals surface area (Å²) in [6.07, 6.45) is 0.703. The predicted molar refractivity (Wildman–Crippen MR) is 281 cm³/mol. The van der Waals surface area contributed by atoms with E-state index in [1.54, 1.807) is 41.7 Å². The van der Waals surface area contributed by atoms with Crippen LogP contribution >= 0.6 is 11.3 Å². The molecule has 406 valence electrons. The van der Waals surface area contributed by atoms with Crippen LogP contribution in [0.15, 0.2) is 87.6 Å². The summed E-state index contributed by atoms with van der Waals surface area (Å²) >= 11 is 1.57. The maximum atomic E-state index is 13.9. The average molecular weight is 1070 g/mol. The molecule has 22 nitrogen and oxygen atoms in total. The van der Waals surface area contributed by atoms with Crippen molar-refractivity contribution in [1.82, 2.24) is 40.3 Å². The van der Waals surface area contributed by atoms with Crippen molar-refractivity contribution in [1.29, 1.82) is 0 Å². The SMILES string of the molecule is Cc1ncsc1-c1ccc(CNC(=O)[C@@H]2C[C@@H](O)CN2C(=O)[C@@H](NC(=O)CCOCCOCCOCCOCCOCCOc2ccc(C(=O)Nc3ccc4oc(-c5ccc(=O)n(C)n5)nc4c3)nc2)C(C)(C)C)cc1. The fourth-order valence-corrected chi connectivity index (χ4v) is 8.72. The fraction of sp³-hybridized carbons (Fsp3) is 0.453. The van der Waals surface area contributed by atoms with Crippen molar-refractivity contribution in [2.24, 2.45) is 12.5 Å². The number of nitrogens with one attached hydrogen (secondary N) is 3. The van der Waals surface area contributed by atoms with E-state index in [0.717, 1.165) is 21.7 Å². The van der Waals surface area contributed by atoms with E-state index in [1.165, 1.54) is 35.0 Å². The minimum atomic E-state index is -0.938. The number of aromatic nitrogens is 5. The molecule has 4 aromatic heterocycles. The monoisotopic (exact) mass is 1070 g/mol. The van der Waals surface area contributed by atoms with Gasteiger partial charge in [-0.3, -0.25) is 24.0 Å². The van der Waals surface area contributed by atoms with Crippen molar-refractivity contribution in [3.8, 4) is 27.8 Å². The molecule has 1 aliphatic rings. The lowest BCUT2D eigenvalue weighted by molar-refractivity contribution is -0.144. The summed E-state index contributed by atoms with van der Waals surface area (Å²) in [6.45, 7) is 11.2. The Labute approximate surface area is 443 Å². The second-order valence-electron chi connectivity index (χ2n) is 18.8. The maximum Gasteiger partial charge on any atom is 0.274 e. The number of aryl methyl sites for hydroxylation is 2. The molecule has 5 heterocycles. The second kappa shape index (κ2) is 27.7. The molecule has 1 saturated heterocycles. The Hall–Kier alpha value is -6.99. The van der Waals surface area contributed by atoms with E-state index < -0.39 is 35.4 Å². The van der Waals surface area contributed by atoms with Crippen LogP contribution in [0, 0.1) is 12.3 Å². The Kier molecular flexibility index (Phi) is 20.7. The molecule has 23 heteroatoms. The molecular formula is C53H65N9O13S. The number of pyridine rings is 1. The summed E-state index contributed by atoms with van der Waals surface area (Å²) in [5.41, 5.74) is 5.85. The van der Waals surface area contributed by atoms with Gasteiger partial charge in [0.2, 0.25) is 23.6 Å². The highest BCUT2D eigenvalue weighted by atomic mass is 32.1. The number of benzene rings is 2. The minimum Gasteiger partial charge on any atom is -0.490 e. The summed E-state index contributed by atoms with van der Waals surface area (Å²) in [4.78, 5) is 80.3. The highest BCUT2D eigenvalue weighted by Gasteiger charge is 2.44. The van der Waals surface area contributed by atoms with Gasteiger partial charge in [0.25, 0.3) is 11.5 Å². The molecule has 2 aromatic carbocycles. The molecule has 0 spiro atoms. The lowest BCUT2D eigenvalue weighted by atomic mass is 9.85. The van der Waals surface area contributed by atoms with Gasteiger partial charge in [0, 0.05) is 44.7 Å². The topological polar surface area (TPSA) is 270 Å². The largest absolute Gasteiger partial charge is 0.490 e. The van der Waals surface area contributed by atoms with E-state index in [0.29, 0.717) is 81.1 Å². The van der Waals surface area contributed by atoms with E-state index in [-0.39, 0.29) is 74.7 Å². The van der Waals surface area contributed by atoms with Gasteiger partial charge in [-0.25, -0.2) is 19.6 Å². The van der Waals surface area contributed by atoms with E-state index in [9.17, 15) is 29.1 Å². The van der Waals surface area contributed by atoms with Crippen molar-refractivity contribution in [2.75, 3.05) is 84.5 Å². The molecule has 3 atom stereocenters. The number of oxazole rings is 1. The number of carbonyl (C=O) groups excluding carboxylic acids is 4. The van der Waals surface area contributed by atoms with Crippen molar-refractivity contribution >= 4 is 51.8 Å². The summed E-state index contributed by atoms with van der Waals surface area (Å²) < 4.78 is 40.5. The number of β-amino-alcohol motifs (C(OH)–C–C–N with tert-alkyl or cyclic N) is 1. The molecule has 6 aromatic rings. The van der Waals surface area contributed by atoms with Crippen molar-refractivity contribution in [3.05, 3.63) is 106 Å². The van der Waals surface area contributed by atoms with Crippen LogP contribution in [-0.4, -0.2) is 156 Å². The van der Waals surface area contributed by atoms with E-state index in [4.69, 9.17) is 32.8 Å². The number of likely N-dealkylation sites (tertiary alicyclic amines) is 1. The molecule has 76 heavy (non-hydrogen) atoms. The van der Waals surface area contributed by atoms with Crippen LogP contribution in [0.2, 0.25) is 0 Å². The molecule has 0 saturated carbocycles. The number of aliphatic hydroxyl groups excluding tert-OH is 1. The van der Waals surface area contributed by atoms with Crippen molar-refractivity contribution in [3.63, 3.8) is 0 Å². The molecule has 4 N–H and O–H groups in total. The molecule has 4 amide bonds. The van der Waals surface area contributed by atoms with E-state index in [1.807, 2.05) is 57.5 Å². The number of fused-ring (bicyclic) bond motifs is 1. The van der Waals surface area contributed by atoms with Gasteiger partial charge in [0.05, 0.1) is 94.5 Å². The number of hydrogen-bond acceptors (Lipinski definition) is 18. The predicted octanol–water partition coefficient (Wildman–Crippen LogP) is 4.33. The third-order valence-electron chi connectivity index (χ3n) is 12.0. The number of aliphatic hydroxyl groups is 1. The standard InChI is InChI=1S/C53H65N9O13S/c1-34-47(76-33-56-34)36-8-6-35(7-9-36)30-55-50(67)43-29-38(63)32-62(43)52(68)48(53(2,3)4)59-45(64)16-17-69-18-19-70-20-21-71-22-23-72-24-25-73-26-27-74-39-11-12-40(54-31-39)49(66)57-37-10-14-44-42(28-37)58-51(75-44)41-13-15-46(65)61(5)60-41/h6-15,28,31,33,38,43,48,63H,16-27,29-30,32H2,1-5H3,(H,55,67)(H,57,66)(H,59,64)/t38-,43+,48-/m1/s1. The Morgan fingerprint density at radius 3 is 2.13 bits per heavy atom. The van der Waals surface area contributed by atoms with E-state index in [2.05, 4.69) is 36.0 Å². The summed E-state index contributed by atoms with van der Waals surface area (Å²) in [7, 11) is 1.54. The first-order valence-corrected chi connectivity index (χ1v) is 25.8. The van der Waals surface area contributed by atoms with Crippen LogP contribution < -0.4 is 26.2 Å². The zero-order valence-electron chi connectivity index (χ0n) is 43.3. The van der Waals surface area contributed by atoms with E-state index >= 15 is 0 Å². The quantitative estimate of drug-likeness (QED) is 0.0498. The number of thiazole rings is 1. The molecular weight excluding hydrogens is 1000 g/mol. The average Bonchev–Trinajstić information content (AvgIpc) is 4.16. The zero-order valence-corrected chi connectivity index (χ0v) is 44.1. The summed E-state index contributed by atoms with van der Waals surface area (Å²) in [6, 6.07) is 17.2. The van der Waals surface area contributed by atoms with Gasteiger partial charge in [-0.15, -0.1) is 11.3 Å². The number of rotatable bonds is 28. The normalized spacial score (nSPS) is 14.9. The molecule has 1 fully saturated rings. The zero-order chi connectivity index (χ0) is 54.0. The van der Waals surface area contributed by atoms with Crippen LogP contribution in [0.3, 0.4) is 0 Å². The van der Waals surface area contributed by atoms with Crippen LogP contribution in [0.5, 0.6) is 5.75 Å². The lowest BCUT2D eigenvalue weighted by Crippen LogP contribution is -2.57. The maximum absolute atomic E-state index is 13.9. The molecule has 0 radical (unpaired) electrons. The molecule has 7 rings (SSSR count). The molecule has 0 aliphatic carbocycles. The third-order valence-corrected chi connectivity index (χ3v) is 12.9. The van der Waals surface area contributed by atoms with Crippen LogP contribution in [0.1, 0.15) is 55.4 Å². The fourth-order valence-electron chi connectivity index (χ4n) is 7.90. The smallest absolute Gasteiger partial charge is 0.274 e. The number of carbonyl (C=O) groups is 4.